The van der Waals surface area contributed by atoms with Crippen molar-refractivity contribution in [2.24, 2.45) is 0 Å². The molecule has 0 aliphatic carbocycles. The van der Waals surface area contributed by atoms with Crippen LogP contribution in [0.1, 0.15) is 23.6 Å². The quantitative estimate of drug-likeness (QED) is 0.438. The van der Waals surface area contributed by atoms with Crippen LogP contribution in [0.5, 0.6) is 5.75 Å². The number of hydrogen-bond donors (Lipinski definition) is 1. The molecular weight excluding hydrogens is 490 g/mol. The van der Waals surface area contributed by atoms with Gasteiger partial charge in [0, 0.05) is 13.6 Å². The monoisotopic (exact) mass is 523 g/mol. The number of nitrogens with zero attached hydrogens (tertiary/aromatic N) is 2. The molecule has 0 bridgehead atoms. The first-order chi connectivity index (χ1) is 17.6. The number of methoxy groups -OCH3 is 1. The fourth-order valence-corrected chi connectivity index (χ4v) is 5.43. The molecule has 9 heteroatoms. The van der Waals surface area contributed by atoms with E-state index < -0.39 is 28.5 Å². The Bertz CT molecular complexity index is 1360. The highest BCUT2D eigenvalue weighted by Crippen LogP contribution is 2.27. The molecule has 0 spiro atoms. The van der Waals surface area contributed by atoms with Crippen LogP contribution in [0.15, 0.2) is 77.7 Å². The second-order valence-electron chi connectivity index (χ2n) is 8.77. The predicted octanol–water partition coefficient (Wildman–Crippen LogP) is 3.67. The summed E-state index contributed by atoms with van der Waals surface area (Å²) >= 11 is 0. The lowest BCUT2D eigenvalue weighted by Crippen LogP contribution is -2.50. The number of amides is 2. The number of carbonyl (C=O) groups excluding carboxylic acids is 2. The van der Waals surface area contributed by atoms with Crippen LogP contribution in [0.25, 0.3) is 0 Å². The van der Waals surface area contributed by atoms with Gasteiger partial charge in [-0.05, 0) is 62.2 Å². The van der Waals surface area contributed by atoms with Crippen molar-refractivity contribution in [3.05, 3.63) is 89.5 Å². The maximum Gasteiger partial charge on any atom is 0.264 e. The summed E-state index contributed by atoms with van der Waals surface area (Å²) in [6.45, 7) is 4.89. The van der Waals surface area contributed by atoms with Crippen molar-refractivity contribution in [1.82, 2.24) is 10.2 Å². The van der Waals surface area contributed by atoms with E-state index >= 15 is 0 Å². The second kappa shape index (κ2) is 11.9. The van der Waals surface area contributed by atoms with Gasteiger partial charge in [-0.15, -0.1) is 0 Å². The van der Waals surface area contributed by atoms with Crippen LogP contribution >= 0.6 is 0 Å². The van der Waals surface area contributed by atoms with E-state index in [0.717, 1.165) is 15.4 Å². The molecule has 1 N–H and O–H groups in total. The summed E-state index contributed by atoms with van der Waals surface area (Å²) in [5.74, 6) is -0.265. The highest BCUT2D eigenvalue weighted by Gasteiger charge is 2.32. The number of likely N-dealkylation sites (N-methyl/N-ethyl adjacent to an activating group) is 1. The highest BCUT2D eigenvalue weighted by molar-refractivity contribution is 7.92. The Balaban J connectivity index is 2.04. The lowest BCUT2D eigenvalue weighted by atomic mass is 10.1. The first kappa shape index (κ1) is 27.7. The van der Waals surface area contributed by atoms with Crippen LogP contribution < -0.4 is 14.4 Å². The number of carbonyl (C=O) groups is 2. The van der Waals surface area contributed by atoms with Crippen LogP contribution in [0.3, 0.4) is 0 Å². The standard InChI is InChI=1S/C28H33N3O5S/c1-20-13-15-25(16-14-20)37(34,35)31(26-12-7-6-9-21(26)2)19-27(32)30(22(3)28(33)29-4)18-23-10-8-11-24(17-23)36-5/h6-17,22H,18-19H2,1-5H3,(H,29,33)/t22-/m1/s1. The minimum atomic E-state index is -4.09. The summed E-state index contributed by atoms with van der Waals surface area (Å²) in [5, 5.41) is 2.57. The van der Waals surface area contributed by atoms with Gasteiger partial charge in [0.05, 0.1) is 17.7 Å². The number of sulfonamides is 1. The molecular formula is C28H33N3O5S. The number of rotatable bonds is 10. The smallest absolute Gasteiger partial charge is 0.264 e. The average molecular weight is 524 g/mol. The first-order valence-electron chi connectivity index (χ1n) is 11.9. The Kier molecular flexibility index (Phi) is 8.94. The average Bonchev–Trinajstić information content (AvgIpc) is 2.90. The minimum Gasteiger partial charge on any atom is -0.497 e. The van der Waals surface area contributed by atoms with Crippen molar-refractivity contribution in [3.63, 3.8) is 0 Å². The van der Waals surface area contributed by atoms with Gasteiger partial charge in [0.1, 0.15) is 18.3 Å². The van der Waals surface area contributed by atoms with Gasteiger partial charge in [0.25, 0.3) is 10.0 Å². The number of aryl methyl sites for hydroxylation is 2. The van der Waals surface area contributed by atoms with Gasteiger partial charge in [0.15, 0.2) is 0 Å². The summed E-state index contributed by atoms with van der Waals surface area (Å²) in [5.41, 5.74) is 2.75. The van der Waals surface area contributed by atoms with E-state index in [9.17, 15) is 18.0 Å². The van der Waals surface area contributed by atoms with E-state index in [4.69, 9.17) is 4.74 Å². The van der Waals surface area contributed by atoms with E-state index in [1.807, 2.05) is 13.0 Å². The van der Waals surface area contributed by atoms with Crippen molar-refractivity contribution in [2.75, 3.05) is 25.0 Å². The van der Waals surface area contributed by atoms with Crippen molar-refractivity contribution < 1.29 is 22.7 Å². The number of ether oxygens (including phenoxy) is 1. The van der Waals surface area contributed by atoms with Gasteiger partial charge in [-0.3, -0.25) is 13.9 Å². The molecule has 0 saturated carbocycles. The zero-order chi connectivity index (χ0) is 27.2. The molecule has 0 aromatic heterocycles. The first-order valence-corrected chi connectivity index (χ1v) is 13.3. The number of nitrogens with one attached hydrogen (secondary N) is 1. The lowest BCUT2D eigenvalue weighted by Gasteiger charge is -2.32. The predicted molar refractivity (Wildman–Crippen MR) is 144 cm³/mol. The van der Waals surface area contributed by atoms with E-state index in [2.05, 4.69) is 5.32 Å². The number of benzene rings is 3. The largest absolute Gasteiger partial charge is 0.497 e. The molecule has 0 aliphatic rings. The van der Waals surface area contributed by atoms with Gasteiger partial charge in [-0.25, -0.2) is 8.42 Å². The molecule has 1 atom stereocenters. The number of para-hydroxylation sites is 1. The summed E-state index contributed by atoms with van der Waals surface area (Å²) in [6, 6.07) is 19.8. The Labute approximate surface area is 218 Å². The molecule has 0 radical (unpaired) electrons. The number of anilines is 1. The maximum absolute atomic E-state index is 13.8. The normalized spacial score (nSPS) is 11.9. The van der Waals surface area contributed by atoms with Gasteiger partial charge in [0.2, 0.25) is 11.8 Å². The molecule has 196 valence electrons. The molecule has 3 aromatic carbocycles. The molecule has 0 saturated heterocycles. The van der Waals surface area contributed by atoms with Crippen molar-refractivity contribution >= 4 is 27.5 Å². The summed E-state index contributed by atoms with van der Waals surface area (Å²) < 4.78 is 34.0. The summed E-state index contributed by atoms with van der Waals surface area (Å²) in [4.78, 5) is 27.8. The number of hydrogen-bond acceptors (Lipinski definition) is 5. The Morgan fingerprint density at radius 2 is 1.65 bits per heavy atom. The summed E-state index contributed by atoms with van der Waals surface area (Å²) in [7, 11) is -1.05. The SMILES string of the molecule is CNC(=O)[C@@H](C)N(Cc1cccc(OC)c1)C(=O)CN(c1ccccc1C)S(=O)(=O)c1ccc(C)cc1. The van der Waals surface area contributed by atoms with E-state index in [1.54, 1.807) is 75.6 Å². The molecule has 0 aliphatic heterocycles. The Morgan fingerprint density at radius 1 is 0.973 bits per heavy atom. The second-order valence-corrected chi connectivity index (χ2v) is 10.6. The van der Waals surface area contributed by atoms with E-state index in [-0.39, 0.29) is 17.3 Å². The zero-order valence-electron chi connectivity index (χ0n) is 21.8. The fraction of sp³-hybridized carbons (Fsp3) is 0.286. The van der Waals surface area contributed by atoms with Crippen molar-refractivity contribution in [2.45, 2.75) is 38.3 Å². The van der Waals surface area contributed by atoms with E-state index in [0.29, 0.717) is 17.0 Å². The molecule has 0 fully saturated rings. The third-order valence-corrected chi connectivity index (χ3v) is 7.95. The third-order valence-electron chi connectivity index (χ3n) is 6.17. The van der Waals surface area contributed by atoms with E-state index in [1.165, 1.54) is 24.1 Å². The highest BCUT2D eigenvalue weighted by atomic mass is 32.2. The van der Waals surface area contributed by atoms with Crippen LogP contribution in [0.2, 0.25) is 0 Å². The lowest BCUT2D eigenvalue weighted by molar-refractivity contribution is -0.139. The molecule has 3 rings (SSSR count). The molecule has 3 aromatic rings. The zero-order valence-corrected chi connectivity index (χ0v) is 22.6. The third kappa shape index (κ3) is 6.48. The van der Waals surface area contributed by atoms with Crippen molar-refractivity contribution in [1.29, 1.82) is 0 Å². The van der Waals surface area contributed by atoms with Crippen molar-refractivity contribution in [3.8, 4) is 5.75 Å². The Hall–Kier alpha value is -3.85. The van der Waals surface area contributed by atoms with Crippen LogP contribution in [0.4, 0.5) is 5.69 Å². The maximum atomic E-state index is 13.8. The van der Waals surface area contributed by atoms with Crippen LogP contribution in [-0.2, 0) is 26.2 Å². The molecule has 2 amide bonds. The molecule has 0 heterocycles. The van der Waals surface area contributed by atoms with Gasteiger partial charge < -0.3 is 15.0 Å². The minimum absolute atomic E-state index is 0.0767. The molecule has 8 nitrogen and oxygen atoms in total. The van der Waals surface area contributed by atoms with Gasteiger partial charge in [-0.1, -0.05) is 48.0 Å². The topological polar surface area (TPSA) is 96.0 Å². The molecule has 37 heavy (non-hydrogen) atoms. The van der Waals surface area contributed by atoms with Crippen LogP contribution in [-0.4, -0.2) is 51.9 Å². The summed E-state index contributed by atoms with van der Waals surface area (Å²) in [6.07, 6.45) is 0. The molecule has 0 unspecified atom stereocenters. The Morgan fingerprint density at radius 3 is 2.27 bits per heavy atom. The fourth-order valence-electron chi connectivity index (χ4n) is 3.95. The van der Waals surface area contributed by atoms with Gasteiger partial charge >= 0.3 is 0 Å². The van der Waals surface area contributed by atoms with Crippen LogP contribution in [0, 0.1) is 13.8 Å². The van der Waals surface area contributed by atoms with Gasteiger partial charge in [-0.2, -0.15) is 0 Å².